The minimum atomic E-state index is -0.347. The number of ether oxygens (including phenoxy) is 2. The van der Waals surface area contributed by atoms with Crippen molar-refractivity contribution >= 4 is 22.4 Å². The Hall–Kier alpha value is -4.06. The van der Waals surface area contributed by atoms with Gasteiger partial charge in [0.15, 0.2) is 17.3 Å². The Labute approximate surface area is 185 Å². The first-order valence-electron chi connectivity index (χ1n) is 10.2. The first kappa shape index (κ1) is 21.2. The van der Waals surface area contributed by atoms with Crippen molar-refractivity contribution in [3.05, 3.63) is 99.3 Å². The van der Waals surface area contributed by atoms with Crippen LogP contribution < -0.4 is 20.6 Å². The molecule has 0 radical (unpaired) electrons. The van der Waals surface area contributed by atoms with E-state index in [1.54, 1.807) is 37.6 Å². The summed E-state index contributed by atoms with van der Waals surface area (Å²) in [6.45, 7) is 2.39. The van der Waals surface area contributed by atoms with Gasteiger partial charge in [0.25, 0.3) is 0 Å². The van der Waals surface area contributed by atoms with Gasteiger partial charge in [0, 0.05) is 30.1 Å². The lowest BCUT2D eigenvalue weighted by atomic mass is 10.0. The monoisotopic (exact) mass is 428 g/mol. The average Bonchev–Trinajstić information content (AvgIpc) is 2.81. The summed E-state index contributed by atoms with van der Waals surface area (Å²) in [5.41, 5.74) is 9.36. The zero-order chi connectivity index (χ0) is 22.8. The number of aryl methyl sites for hydroxylation is 1. The molecule has 6 heteroatoms. The standard InChI is InChI=1S/C26H24N2O4/c1-16-4-8-18(9-5-16)25(29)21-15-28(14-17-6-10-19(27)11-7-17)22-13-24(32-3)23(31-2)12-20(22)26(21)30/h4-13,15H,14,27H2,1-3H3. The largest absolute Gasteiger partial charge is 0.493 e. The number of rotatable bonds is 6. The van der Waals surface area contributed by atoms with Gasteiger partial charge in [-0.1, -0.05) is 42.0 Å². The Morgan fingerprint density at radius 2 is 1.56 bits per heavy atom. The van der Waals surface area contributed by atoms with Crippen LogP contribution in [-0.2, 0) is 6.54 Å². The number of ketones is 1. The lowest BCUT2D eigenvalue weighted by molar-refractivity contribution is 0.103. The van der Waals surface area contributed by atoms with E-state index in [1.807, 2.05) is 47.9 Å². The molecule has 0 amide bonds. The van der Waals surface area contributed by atoms with Crippen molar-refractivity contribution in [2.45, 2.75) is 13.5 Å². The SMILES string of the molecule is COc1cc2c(=O)c(C(=O)c3ccc(C)cc3)cn(Cc3ccc(N)cc3)c2cc1OC. The molecule has 162 valence electrons. The first-order chi connectivity index (χ1) is 15.4. The fourth-order valence-corrected chi connectivity index (χ4v) is 3.69. The van der Waals surface area contributed by atoms with Crippen LogP contribution in [0.4, 0.5) is 5.69 Å². The highest BCUT2D eigenvalue weighted by Gasteiger charge is 2.19. The average molecular weight is 428 g/mol. The van der Waals surface area contributed by atoms with Crippen molar-refractivity contribution in [3.8, 4) is 11.5 Å². The van der Waals surface area contributed by atoms with Gasteiger partial charge in [0.05, 0.1) is 30.7 Å². The van der Waals surface area contributed by atoms with Crippen LogP contribution in [0.3, 0.4) is 0 Å². The summed E-state index contributed by atoms with van der Waals surface area (Å²) >= 11 is 0. The van der Waals surface area contributed by atoms with Crippen molar-refractivity contribution in [2.24, 2.45) is 0 Å². The van der Waals surface area contributed by atoms with E-state index in [9.17, 15) is 9.59 Å². The maximum Gasteiger partial charge on any atom is 0.200 e. The fourth-order valence-electron chi connectivity index (χ4n) is 3.69. The molecule has 0 saturated heterocycles. The number of methoxy groups -OCH3 is 2. The van der Waals surface area contributed by atoms with Gasteiger partial charge in [-0.05, 0) is 30.7 Å². The number of fused-ring (bicyclic) bond motifs is 1. The number of anilines is 1. The second-order valence-corrected chi connectivity index (χ2v) is 7.66. The molecular formula is C26H24N2O4. The van der Waals surface area contributed by atoms with E-state index >= 15 is 0 Å². The number of nitrogens with two attached hydrogens (primary N) is 1. The maximum absolute atomic E-state index is 13.4. The number of hydrogen-bond acceptors (Lipinski definition) is 5. The van der Waals surface area contributed by atoms with Crippen LogP contribution in [0.2, 0.25) is 0 Å². The number of nitrogen functional groups attached to an aromatic ring is 1. The zero-order valence-corrected chi connectivity index (χ0v) is 18.2. The minimum absolute atomic E-state index is 0.101. The van der Waals surface area contributed by atoms with Crippen molar-refractivity contribution in [3.63, 3.8) is 0 Å². The normalized spacial score (nSPS) is 10.8. The predicted molar refractivity (Wildman–Crippen MR) is 126 cm³/mol. The smallest absolute Gasteiger partial charge is 0.200 e. The van der Waals surface area contributed by atoms with Crippen LogP contribution in [0.1, 0.15) is 27.0 Å². The van der Waals surface area contributed by atoms with E-state index in [0.29, 0.717) is 40.2 Å². The number of nitrogens with zero attached hydrogens (tertiary/aromatic N) is 1. The molecule has 0 atom stereocenters. The summed E-state index contributed by atoms with van der Waals surface area (Å²) < 4.78 is 12.7. The molecule has 0 aliphatic carbocycles. The van der Waals surface area contributed by atoms with Crippen LogP contribution >= 0.6 is 0 Å². The van der Waals surface area contributed by atoms with Crippen molar-refractivity contribution in [2.75, 3.05) is 20.0 Å². The van der Waals surface area contributed by atoms with Gasteiger partial charge in [-0.15, -0.1) is 0 Å². The lowest BCUT2D eigenvalue weighted by Crippen LogP contribution is -2.20. The second kappa shape index (κ2) is 8.59. The lowest BCUT2D eigenvalue weighted by Gasteiger charge is -2.16. The van der Waals surface area contributed by atoms with E-state index in [-0.39, 0.29) is 16.8 Å². The van der Waals surface area contributed by atoms with E-state index < -0.39 is 0 Å². The van der Waals surface area contributed by atoms with Crippen molar-refractivity contribution in [1.82, 2.24) is 4.57 Å². The van der Waals surface area contributed by atoms with Gasteiger partial charge in [-0.3, -0.25) is 9.59 Å². The van der Waals surface area contributed by atoms with E-state index in [0.717, 1.165) is 11.1 Å². The molecule has 0 fully saturated rings. The zero-order valence-electron chi connectivity index (χ0n) is 18.2. The number of hydrogen-bond donors (Lipinski definition) is 1. The third-order valence-corrected chi connectivity index (χ3v) is 5.48. The number of carbonyl (C=O) groups is 1. The highest BCUT2D eigenvalue weighted by atomic mass is 16.5. The van der Waals surface area contributed by atoms with Crippen LogP contribution in [-0.4, -0.2) is 24.6 Å². The van der Waals surface area contributed by atoms with Gasteiger partial charge in [0.1, 0.15) is 0 Å². The van der Waals surface area contributed by atoms with Gasteiger partial charge >= 0.3 is 0 Å². The van der Waals surface area contributed by atoms with Crippen LogP contribution in [0.15, 0.2) is 71.7 Å². The highest BCUT2D eigenvalue weighted by molar-refractivity contribution is 6.10. The highest BCUT2D eigenvalue weighted by Crippen LogP contribution is 2.31. The van der Waals surface area contributed by atoms with E-state index in [1.165, 1.54) is 7.11 Å². The summed E-state index contributed by atoms with van der Waals surface area (Å²) in [6, 6.07) is 18.0. The van der Waals surface area contributed by atoms with Gasteiger partial charge in [-0.2, -0.15) is 0 Å². The number of pyridine rings is 1. The molecule has 0 spiro atoms. The predicted octanol–water partition coefficient (Wildman–Crippen LogP) is 4.19. The Morgan fingerprint density at radius 1 is 0.938 bits per heavy atom. The molecule has 0 bridgehead atoms. The molecule has 6 nitrogen and oxygen atoms in total. The van der Waals surface area contributed by atoms with Crippen LogP contribution in [0.25, 0.3) is 10.9 Å². The van der Waals surface area contributed by atoms with Crippen molar-refractivity contribution in [1.29, 1.82) is 0 Å². The summed E-state index contributed by atoms with van der Waals surface area (Å²) in [7, 11) is 3.05. The molecule has 4 aromatic rings. The molecule has 1 aromatic heterocycles. The summed E-state index contributed by atoms with van der Waals surface area (Å²) in [5, 5.41) is 0.385. The number of benzene rings is 3. The molecule has 0 unspecified atom stereocenters. The summed E-state index contributed by atoms with van der Waals surface area (Å²) in [6.07, 6.45) is 1.62. The molecule has 4 rings (SSSR count). The Bertz CT molecular complexity index is 1350. The Morgan fingerprint density at radius 3 is 2.19 bits per heavy atom. The topological polar surface area (TPSA) is 83.6 Å². The molecule has 32 heavy (non-hydrogen) atoms. The fraction of sp³-hybridized carbons (Fsp3) is 0.154. The Balaban J connectivity index is 1.95. The number of aromatic nitrogens is 1. The molecule has 2 N–H and O–H groups in total. The molecule has 3 aromatic carbocycles. The number of carbonyl (C=O) groups excluding carboxylic acids is 1. The van der Waals surface area contributed by atoms with Gasteiger partial charge in [0.2, 0.25) is 5.43 Å². The van der Waals surface area contributed by atoms with Crippen LogP contribution in [0.5, 0.6) is 11.5 Å². The Kier molecular flexibility index (Phi) is 5.69. The minimum Gasteiger partial charge on any atom is -0.493 e. The van der Waals surface area contributed by atoms with Crippen LogP contribution in [0, 0.1) is 6.92 Å². The van der Waals surface area contributed by atoms with Gasteiger partial charge < -0.3 is 19.8 Å². The maximum atomic E-state index is 13.4. The summed E-state index contributed by atoms with van der Waals surface area (Å²) in [4.78, 5) is 26.6. The third kappa shape index (κ3) is 3.95. The summed E-state index contributed by atoms with van der Waals surface area (Å²) in [5.74, 6) is 0.608. The molecule has 0 saturated carbocycles. The quantitative estimate of drug-likeness (QED) is 0.368. The molecule has 0 aliphatic heterocycles. The molecule has 1 heterocycles. The van der Waals surface area contributed by atoms with Gasteiger partial charge in [-0.25, -0.2) is 0 Å². The first-order valence-corrected chi connectivity index (χ1v) is 10.2. The second-order valence-electron chi connectivity index (χ2n) is 7.66. The van der Waals surface area contributed by atoms with Crippen molar-refractivity contribution < 1.29 is 14.3 Å². The molecule has 0 aliphatic rings. The van der Waals surface area contributed by atoms with E-state index in [2.05, 4.69) is 0 Å². The molecular weight excluding hydrogens is 404 g/mol. The van der Waals surface area contributed by atoms with E-state index in [4.69, 9.17) is 15.2 Å². The third-order valence-electron chi connectivity index (χ3n) is 5.48.